The van der Waals surface area contributed by atoms with Crippen LogP contribution in [0.2, 0.25) is 0 Å². The van der Waals surface area contributed by atoms with E-state index in [0.717, 1.165) is 38.9 Å². The van der Waals surface area contributed by atoms with E-state index in [-0.39, 0.29) is 6.10 Å². The molecular formula is C13H22N4O. The molecule has 1 aliphatic rings. The largest absolute Gasteiger partial charge is 0.391 e. The van der Waals surface area contributed by atoms with Crippen molar-refractivity contribution >= 4 is 5.71 Å². The minimum absolute atomic E-state index is 0.245. The molecule has 1 aromatic heterocycles. The Labute approximate surface area is 108 Å². The second kappa shape index (κ2) is 6.54. The number of hydrogen-bond donors (Lipinski definition) is 0. The van der Waals surface area contributed by atoms with E-state index in [1.807, 2.05) is 23.1 Å². The van der Waals surface area contributed by atoms with Crippen molar-refractivity contribution in [1.82, 2.24) is 14.7 Å². The van der Waals surface area contributed by atoms with Gasteiger partial charge < -0.3 is 9.74 Å². The van der Waals surface area contributed by atoms with Gasteiger partial charge in [-0.3, -0.25) is 4.68 Å². The molecule has 1 aliphatic heterocycles. The summed E-state index contributed by atoms with van der Waals surface area (Å²) in [5.74, 6) is 0. The minimum Gasteiger partial charge on any atom is -0.391 e. The standard InChI is InChI=1S/C13H22N4O/c1-3-12-10-13(18-15-12)11-16(2)7-5-9-17-8-4-6-14-17/h4,6,8,13H,3,5,7,9-11H2,1-2H3. The van der Waals surface area contributed by atoms with E-state index in [1.54, 1.807) is 0 Å². The highest BCUT2D eigenvalue weighted by atomic mass is 16.6. The first kappa shape index (κ1) is 13.1. The number of aromatic nitrogens is 2. The maximum absolute atomic E-state index is 5.41. The second-order valence-corrected chi connectivity index (χ2v) is 4.83. The predicted molar refractivity (Wildman–Crippen MR) is 71.6 cm³/mol. The van der Waals surface area contributed by atoms with E-state index in [4.69, 9.17) is 4.84 Å². The second-order valence-electron chi connectivity index (χ2n) is 4.83. The minimum atomic E-state index is 0.245. The van der Waals surface area contributed by atoms with Gasteiger partial charge in [0.15, 0.2) is 0 Å². The topological polar surface area (TPSA) is 42.6 Å². The van der Waals surface area contributed by atoms with Gasteiger partial charge in [0.1, 0.15) is 6.10 Å². The van der Waals surface area contributed by atoms with Gasteiger partial charge in [-0.1, -0.05) is 12.1 Å². The molecule has 18 heavy (non-hydrogen) atoms. The van der Waals surface area contributed by atoms with Crippen LogP contribution in [0.3, 0.4) is 0 Å². The molecule has 1 aromatic rings. The molecule has 0 fully saturated rings. The summed E-state index contributed by atoms with van der Waals surface area (Å²) in [5.41, 5.74) is 1.19. The SMILES string of the molecule is CCC1=NOC(CN(C)CCCn2cccn2)C1. The van der Waals surface area contributed by atoms with E-state index < -0.39 is 0 Å². The Hall–Kier alpha value is -1.36. The highest BCUT2D eigenvalue weighted by molar-refractivity contribution is 5.85. The Morgan fingerprint density at radius 1 is 1.56 bits per heavy atom. The van der Waals surface area contributed by atoms with Crippen molar-refractivity contribution in [2.24, 2.45) is 5.16 Å². The summed E-state index contributed by atoms with van der Waals surface area (Å²) in [5, 5.41) is 8.28. The summed E-state index contributed by atoms with van der Waals surface area (Å²) in [7, 11) is 2.14. The average molecular weight is 250 g/mol. The van der Waals surface area contributed by atoms with Crippen LogP contribution >= 0.6 is 0 Å². The van der Waals surface area contributed by atoms with E-state index in [1.165, 1.54) is 5.71 Å². The molecule has 0 bridgehead atoms. The molecule has 100 valence electrons. The van der Waals surface area contributed by atoms with Gasteiger partial charge in [-0.25, -0.2) is 0 Å². The number of oxime groups is 1. The lowest BCUT2D eigenvalue weighted by Gasteiger charge is -2.19. The molecule has 5 heteroatoms. The molecule has 0 spiro atoms. The highest BCUT2D eigenvalue weighted by Crippen LogP contribution is 2.13. The number of hydrogen-bond acceptors (Lipinski definition) is 4. The fourth-order valence-corrected chi connectivity index (χ4v) is 2.17. The number of likely N-dealkylation sites (N-methyl/N-ethyl adjacent to an activating group) is 1. The summed E-state index contributed by atoms with van der Waals surface area (Å²) in [6.07, 6.45) is 7.15. The fourth-order valence-electron chi connectivity index (χ4n) is 2.17. The van der Waals surface area contributed by atoms with Crippen LogP contribution in [0.15, 0.2) is 23.6 Å². The lowest BCUT2D eigenvalue weighted by atomic mass is 10.1. The summed E-state index contributed by atoms with van der Waals surface area (Å²) in [6, 6.07) is 1.96. The van der Waals surface area contributed by atoms with Crippen LogP contribution in [0.5, 0.6) is 0 Å². The van der Waals surface area contributed by atoms with Gasteiger partial charge in [-0.2, -0.15) is 5.10 Å². The fraction of sp³-hybridized carbons (Fsp3) is 0.692. The van der Waals surface area contributed by atoms with Gasteiger partial charge in [0.25, 0.3) is 0 Å². The van der Waals surface area contributed by atoms with Crippen LogP contribution in [-0.4, -0.2) is 46.6 Å². The first-order chi connectivity index (χ1) is 8.78. The van der Waals surface area contributed by atoms with E-state index in [2.05, 4.69) is 29.1 Å². The van der Waals surface area contributed by atoms with Crippen LogP contribution in [0.4, 0.5) is 0 Å². The normalized spacial score (nSPS) is 19.1. The van der Waals surface area contributed by atoms with Gasteiger partial charge in [0.2, 0.25) is 0 Å². The van der Waals surface area contributed by atoms with Crippen molar-refractivity contribution in [2.45, 2.75) is 38.8 Å². The monoisotopic (exact) mass is 250 g/mol. The highest BCUT2D eigenvalue weighted by Gasteiger charge is 2.20. The Balaban J connectivity index is 1.60. The summed E-state index contributed by atoms with van der Waals surface area (Å²) < 4.78 is 1.97. The molecule has 0 radical (unpaired) electrons. The molecule has 0 N–H and O–H groups in total. The third kappa shape index (κ3) is 3.84. The van der Waals surface area contributed by atoms with Crippen molar-refractivity contribution < 1.29 is 4.84 Å². The van der Waals surface area contributed by atoms with E-state index in [9.17, 15) is 0 Å². The Kier molecular flexibility index (Phi) is 4.75. The van der Waals surface area contributed by atoms with E-state index >= 15 is 0 Å². The van der Waals surface area contributed by atoms with Crippen LogP contribution in [0, 0.1) is 0 Å². The zero-order valence-corrected chi connectivity index (χ0v) is 11.2. The van der Waals surface area contributed by atoms with Gasteiger partial charge >= 0.3 is 0 Å². The van der Waals surface area contributed by atoms with Crippen LogP contribution < -0.4 is 0 Å². The smallest absolute Gasteiger partial charge is 0.145 e. The maximum atomic E-state index is 5.41. The van der Waals surface area contributed by atoms with Crippen LogP contribution in [-0.2, 0) is 11.4 Å². The molecule has 0 saturated carbocycles. The third-order valence-electron chi connectivity index (χ3n) is 3.20. The van der Waals surface area contributed by atoms with Crippen molar-refractivity contribution in [3.63, 3.8) is 0 Å². The summed E-state index contributed by atoms with van der Waals surface area (Å²) >= 11 is 0. The first-order valence-electron chi connectivity index (χ1n) is 6.65. The van der Waals surface area contributed by atoms with Crippen LogP contribution in [0.25, 0.3) is 0 Å². The predicted octanol–water partition coefficient (Wildman–Crippen LogP) is 1.76. The van der Waals surface area contributed by atoms with Gasteiger partial charge in [-0.15, -0.1) is 0 Å². The summed E-state index contributed by atoms with van der Waals surface area (Å²) in [4.78, 5) is 7.72. The Morgan fingerprint density at radius 2 is 2.44 bits per heavy atom. The molecule has 0 saturated heterocycles. The Bertz CT molecular complexity index is 374. The quantitative estimate of drug-likeness (QED) is 0.740. The molecule has 1 atom stereocenters. The van der Waals surface area contributed by atoms with Crippen molar-refractivity contribution in [3.05, 3.63) is 18.5 Å². The Morgan fingerprint density at radius 3 is 3.11 bits per heavy atom. The molecule has 5 nitrogen and oxygen atoms in total. The van der Waals surface area contributed by atoms with Crippen molar-refractivity contribution in [3.8, 4) is 0 Å². The number of aryl methyl sites for hydroxylation is 1. The van der Waals surface area contributed by atoms with Crippen LogP contribution in [0.1, 0.15) is 26.2 Å². The van der Waals surface area contributed by atoms with Gasteiger partial charge in [0.05, 0.1) is 5.71 Å². The summed E-state index contributed by atoms with van der Waals surface area (Å²) in [6.45, 7) is 5.10. The zero-order chi connectivity index (χ0) is 12.8. The van der Waals surface area contributed by atoms with Gasteiger partial charge in [-0.05, 0) is 32.5 Å². The lowest BCUT2D eigenvalue weighted by Crippen LogP contribution is -2.30. The molecular weight excluding hydrogens is 228 g/mol. The molecule has 1 unspecified atom stereocenters. The van der Waals surface area contributed by atoms with Gasteiger partial charge in [0, 0.05) is 31.9 Å². The molecule has 2 rings (SSSR count). The van der Waals surface area contributed by atoms with E-state index in [0.29, 0.717) is 0 Å². The molecule has 0 aliphatic carbocycles. The zero-order valence-electron chi connectivity index (χ0n) is 11.2. The van der Waals surface area contributed by atoms with Crippen molar-refractivity contribution in [1.29, 1.82) is 0 Å². The number of rotatable bonds is 7. The molecule has 2 heterocycles. The first-order valence-corrected chi connectivity index (χ1v) is 6.65. The lowest BCUT2D eigenvalue weighted by molar-refractivity contribution is 0.0588. The van der Waals surface area contributed by atoms with Crippen molar-refractivity contribution in [2.75, 3.05) is 20.1 Å². The average Bonchev–Trinajstić information content (AvgIpc) is 3.00. The molecule has 0 aromatic carbocycles. The maximum Gasteiger partial charge on any atom is 0.145 e. The number of nitrogens with zero attached hydrogens (tertiary/aromatic N) is 4. The molecule has 0 amide bonds. The third-order valence-corrected chi connectivity index (χ3v) is 3.20.